The van der Waals surface area contributed by atoms with Crippen molar-refractivity contribution in [2.24, 2.45) is 10.9 Å². The van der Waals surface area contributed by atoms with Gasteiger partial charge in [-0.1, -0.05) is 48.5 Å². The molecule has 0 aliphatic carbocycles. The predicted octanol–water partition coefficient (Wildman–Crippen LogP) is 2.77. The second-order valence-corrected chi connectivity index (χ2v) is 7.10. The van der Waals surface area contributed by atoms with Crippen LogP contribution in [-0.4, -0.2) is 14.3 Å². The summed E-state index contributed by atoms with van der Waals surface area (Å²) in [6.45, 7) is 0. The van der Waals surface area contributed by atoms with E-state index in [1.165, 1.54) is 6.07 Å². The van der Waals surface area contributed by atoms with Crippen LogP contribution in [0.3, 0.4) is 0 Å². The van der Waals surface area contributed by atoms with Crippen LogP contribution in [0.4, 0.5) is 0 Å². The fourth-order valence-electron chi connectivity index (χ4n) is 2.68. The van der Waals surface area contributed by atoms with E-state index >= 15 is 0 Å². The molecule has 126 valence electrons. The zero-order valence-corrected chi connectivity index (χ0v) is 14.0. The normalized spacial score (nSPS) is 11.2. The maximum absolute atomic E-state index is 11.9. The summed E-state index contributed by atoms with van der Waals surface area (Å²) in [6, 6.07) is 20.9. The van der Waals surface area contributed by atoms with Gasteiger partial charge in [0.15, 0.2) is 0 Å². The molecule has 0 saturated heterocycles. The van der Waals surface area contributed by atoms with Crippen molar-refractivity contribution >= 4 is 15.9 Å². The summed E-state index contributed by atoms with van der Waals surface area (Å²) in [4.78, 5) is 11.7. The molecule has 0 bridgehead atoms. The molecule has 0 aromatic heterocycles. The number of hydrogen-bond donors (Lipinski definition) is 2. The number of rotatable bonds is 4. The molecule has 4 N–H and O–H groups in total. The van der Waals surface area contributed by atoms with Gasteiger partial charge in [0.1, 0.15) is 0 Å². The Morgan fingerprint density at radius 2 is 1.36 bits per heavy atom. The fraction of sp³-hybridized carbons (Fsp3) is 0. The van der Waals surface area contributed by atoms with Gasteiger partial charge >= 0.3 is 0 Å². The van der Waals surface area contributed by atoms with Crippen molar-refractivity contribution in [1.29, 1.82) is 0 Å². The molecule has 3 aromatic rings. The molecule has 0 saturated carbocycles. The zero-order valence-electron chi connectivity index (χ0n) is 13.2. The zero-order chi connectivity index (χ0) is 18.0. The number of primary amides is 1. The van der Waals surface area contributed by atoms with E-state index in [-0.39, 0.29) is 4.90 Å². The molecule has 0 aliphatic heterocycles. The predicted molar refractivity (Wildman–Crippen MR) is 97.2 cm³/mol. The number of benzene rings is 3. The molecular weight excluding hydrogens is 336 g/mol. The van der Waals surface area contributed by atoms with Gasteiger partial charge in [0.25, 0.3) is 0 Å². The van der Waals surface area contributed by atoms with Crippen LogP contribution in [-0.2, 0) is 10.0 Å². The summed E-state index contributed by atoms with van der Waals surface area (Å²) < 4.78 is 23.8. The number of sulfonamides is 1. The topological polar surface area (TPSA) is 103 Å². The molecule has 3 aromatic carbocycles. The Hall–Kier alpha value is -2.96. The lowest BCUT2D eigenvalue weighted by molar-refractivity contribution is 0.100. The first kappa shape index (κ1) is 16.9. The van der Waals surface area contributed by atoms with Crippen LogP contribution in [0.1, 0.15) is 10.4 Å². The third-order valence-electron chi connectivity index (χ3n) is 3.83. The fourth-order valence-corrected chi connectivity index (χ4v) is 3.44. The number of hydrogen-bond acceptors (Lipinski definition) is 3. The molecule has 0 heterocycles. The molecule has 0 fully saturated rings. The Bertz CT molecular complexity index is 1050. The van der Waals surface area contributed by atoms with Crippen molar-refractivity contribution in [3.05, 3.63) is 78.4 Å². The van der Waals surface area contributed by atoms with Gasteiger partial charge < -0.3 is 5.73 Å². The van der Waals surface area contributed by atoms with Crippen molar-refractivity contribution in [3.8, 4) is 22.3 Å². The van der Waals surface area contributed by atoms with E-state index in [2.05, 4.69) is 0 Å². The highest BCUT2D eigenvalue weighted by Crippen LogP contribution is 2.31. The highest BCUT2D eigenvalue weighted by atomic mass is 32.2. The van der Waals surface area contributed by atoms with Crippen LogP contribution in [0.2, 0.25) is 0 Å². The van der Waals surface area contributed by atoms with Crippen LogP contribution in [0, 0.1) is 0 Å². The van der Waals surface area contributed by atoms with Gasteiger partial charge in [0.05, 0.1) is 4.90 Å². The third kappa shape index (κ3) is 3.60. The molecule has 0 atom stereocenters. The Morgan fingerprint density at radius 1 is 0.760 bits per heavy atom. The van der Waals surface area contributed by atoms with Crippen molar-refractivity contribution in [1.82, 2.24) is 0 Å². The third-order valence-corrected chi connectivity index (χ3v) is 4.80. The first-order valence-corrected chi connectivity index (χ1v) is 9.03. The van der Waals surface area contributed by atoms with E-state index in [4.69, 9.17) is 10.9 Å². The van der Waals surface area contributed by atoms with Crippen molar-refractivity contribution < 1.29 is 13.2 Å². The number of carbonyl (C=O) groups is 1. The lowest BCUT2D eigenvalue weighted by Gasteiger charge is -2.12. The molecule has 0 aliphatic rings. The van der Waals surface area contributed by atoms with Crippen LogP contribution in [0.5, 0.6) is 0 Å². The quantitative estimate of drug-likeness (QED) is 0.754. The van der Waals surface area contributed by atoms with E-state index in [0.717, 1.165) is 11.1 Å². The van der Waals surface area contributed by atoms with Gasteiger partial charge in [-0.05, 0) is 41.0 Å². The molecule has 0 radical (unpaired) electrons. The molecular formula is C19H16N2O3S. The minimum Gasteiger partial charge on any atom is -0.366 e. The maximum atomic E-state index is 11.9. The van der Waals surface area contributed by atoms with Crippen LogP contribution in [0.25, 0.3) is 22.3 Å². The SMILES string of the molecule is NC(=O)c1cc(-c2ccccc2)cc(-c2ccccc2S(N)(=O)=O)c1. The first-order valence-electron chi connectivity index (χ1n) is 7.49. The molecule has 6 heteroatoms. The van der Waals surface area contributed by atoms with E-state index in [9.17, 15) is 13.2 Å². The van der Waals surface area contributed by atoms with Gasteiger partial charge in [-0.15, -0.1) is 0 Å². The first-order chi connectivity index (χ1) is 11.9. The van der Waals surface area contributed by atoms with Gasteiger partial charge in [0, 0.05) is 11.1 Å². The molecule has 0 spiro atoms. The molecule has 25 heavy (non-hydrogen) atoms. The minimum atomic E-state index is -3.91. The lowest BCUT2D eigenvalue weighted by Crippen LogP contribution is -2.14. The maximum Gasteiger partial charge on any atom is 0.248 e. The van der Waals surface area contributed by atoms with Crippen molar-refractivity contribution in [2.75, 3.05) is 0 Å². The smallest absolute Gasteiger partial charge is 0.248 e. The summed E-state index contributed by atoms with van der Waals surface area (Å²) in [5, 5.41) is 5.32. The second kappa shape index (κ2) is 6.51. The average molecular weight is 352 g/mol. The van der Waals surface area contributed by atoms with E-state index < -0.39 is 15.9 Å². The Kier molecular flexibility index (Phi) is 4.39. The van der Waals surface area contributed by atoms with Crippen LogP contribution in [0.15, 0.2) is 77.7 Å². The van der Waals surface area contributed by atoms with E-state index in [1.54, 1.807) is 30.3 Å². The summed E-state index contributed by atoms with van der Waals surface area (Å²) in [7, 11) is -3.91. The standard InChI is InChI=1S/C19H16N2O3S/c20-19(22)16-11-14(13-6-2-1-3-7-13)10-15(12-16)17-8-4-5-9-18(17)25(21,23)24/h1-12H,(H2,20,22)(H2,21,23,24). The van der Waals surface area contributed by atoms with E-state index in [1.807, 2.05) is 36.4 Å². The second-order valence-electron chi connectivity index (χ2n) is 5.57. The lowest BCUT2D eigenvalue weighted by atomic mass is 9.96. The Balaban J connectivity index is 2.28. The Labute approximate surface area is 146 Å². The largest absolute Gasteiger partial charge is 0.366 e. The van der Waals surface area contributed by atoms with E-state index in [0.29, 0.717) is 16.7 Å². The van der Waals surface area contributed by atoms with Gasteiger partial charge in [-0.3, -0.25) is 4.79 Å². The summed E-state index contributed by atoms with van der Waals surface area (Å²) in [5.74, 6) is -0.591. The molecule has 1 amide bonds. The number of primary sulfonamides is 1. The highest BCUT2D eigenvalue weighted by molar-refractivity contribution is 7.89. The molecule has 0 unspecified atom stereocenters. The molecule has 5 nitrogen and oxygen atoms in total. The number of carbonyl (C=O) groups excluding carboxylic acids is 1. The summed E-state index contributed by atoms with van der Waals surface area (Å²) >= 11 is 0. The monoisotopic (exact) mass is 352 g/mol. The number of amides is 1. The highest BCUT2D eigenvalue weighted by Gasteiger charge is 2.16. The van der Waals surface area contributed by atoms with Crippen molar-refractivity contribution in [3.63, 3.8) is 0 Å². The Morgan fingerprint density at radius 3 is 2.00 bits per heavy atom. The molecule has 3 rings (SSSR count). The minimum absolute atomic E-state index is 0.00404. The van der Waals surface area contributed by atoms with Gasteiger partial charge in [-0.25, -0.2) is 13.6 Å². The van der Waals surface area contributed by atoms with Crippen LogP contribution < -0.4 is 10.9 Å². The average Bonchev–Trinajstić information content (AvgIpc) is 2.61. The summed E-state index contributed by atoms with van der Waals surface area (Å²) in [6.07, 6.45) is 0. The van der Waals surface area contributed by atoms with Crippen molar-refractivity contribution in [2.45, 2.75) is 4.90 Å². The summed E-state index contributed by atoms with van der Waals surface area (Å²) in [5.41, 5.74) is 8.37. The number of nitrogens with two attached hydrogens (primary N) is 2. The van der Waals surface area contributed by atoms with Gasteiger partial charge in [0.2, 0.25) is 15.9 Å². The van der Waals surface area contributed by atoms with Gasteiger partial charge in [-0.2, -0.15) is 0 Å². The van der Waals surface area contributed by atoms with Crippen LogP contribution >= 0.6 is 0 Å².